The largest absolute Gasteiger partial charge is 0.349 e. The summed E-state index contributed by atoms with van der Waals surface area (Å²) in [5, 5.41) is 0. The quantitative estimate of drug-likeness (QED) is 0.857. The minimum atomic E-state index is -0.917. The molecule has 3 heterocycles. The van der Waals surface area contributed by atoms with E-state index in [2.05, 4.69) is 15.0 Å². The molecule has 1 aliphatic heterocycles. The summed E-state index contributed by atoms with van der Waals surface area (Å²) in [5.41, 5.74) is 0.575. The molecule has 1 fully saturated rings. The maximum Gasteiger partial charge on any atom is 0.253 e. The van der Waals surface area contributed by atoms with E-state index in [-0.39, 0.29) is 11.9 Å². The predicted octanol–water partition coefficient (Wildman–Crippen LogP) is 1.56. The van der Waals surface area contributed by atoms with Gasteiger partial charge in [-0.2, -0.15) is 0 Å². The van der Waals surface area contributed by atoms with Gasteiger partial charge in [-0.15, -0.1) is 0 Å². The molecule has 2 aromatic rings. The molecular formula is C16H18FN5O. The Bertz CT molecular complexity index is 654. The molecule has 0 N–H and O–H groups in total. The Balaban J connectivity index is 1.71. The molecule has 2 atom stereocenters. The SMILES string of the molecule is CN(C[C@H]1C[C@@H](F)CN1c1ccncn1)C(=O)c1ccncc1. The number of hydrogen-bond acceptors (Lipinski definition) is 5. The molecule has 0 bridgehead atoms. The first-order valence-corrected chi connectivity index (χ1v) is 7.47. The Morgan fingerprint density at radius 2 is 2.04 bits per heavy atom. The van der Waals surface area contributed by atoms with Crippen molar-refractivity contribution in [2.24, 2.45) is 0 Å². The lowest BCUT2D eigenvalue weighted by Crippen LogP contribution is -2.41. The van der Waals surface area contributed by atoms with Crippen molar-refractivity contribution < 1.29 is 9.18 Å². The van der Waals surface area contributed by atoms with Gasteiger partial charge in [0.15, 0.2) is 0 Å². The third kappa shape index (κ3) is 3.44. The summed E-state index contributed by atoms with van der Waals surface area (Å²) in [6.45, 7) is 0.727. The number of alkyl halides is 1. The zero-order chi connectivity index (χ0) is 16.2. The summed E-state index contributed by atoms with van der Waals surface area (Å²) >= 11 is 0. The van der Waals surface area contributed by atoms with Gasteiger partial charge in [-0.3, -0.25) is 9.78 Å². The topological polar surface area (TPSA) is 62.2 Å². The molecular weight excluding hydrogens is 297 g/mol. The van der Waals surface area contributed by atoms with Crippen LogP contribution in [0.15, 0.2) is 43.1 Å². The Kier molecular flexibility index (Phi) is 4.45. The lowest BCUT2D eigenvalue weighted by molar-refractivity contribution is 0.0786. The molecule has 6 nitrogen and oxygen atoms in total. The maximum atomic E-state index is 13.9. The fourth-order valence-corrected chi connectivity index (χ4v) is 2.88. The second-order valence-electron chi connectivity index (χ2n) is 5.63. The van der Waals surface area contributed by atoms with Crippen LogP contribution in [0.4, 0.5) is 10.2 Å². The zero-order valence-corrected chi connectivity index (χ0v) is 12.8. The summed E-state index contributed by atoms with van der Waals surface area (Å²) in [6.07, 6.45) is 5.72. The number of aromatic nitrogens is 3. The molecule has 1 aliphatic rings. The molecule has 0 unspecified atom stereocenters. The first-order valence-electron chi connectivity index (χ1n) is 7.47. The normalized spacial score (nSPS) is 20.5. The van der Waals surface area contributed by atoms with Crippen LogP contribution in [0.3, 0.4) is 0 Å². The van der Waals surface area contributed by atoms with Crippen LogP contribution in [0.1, 0.15) is 16.8 Å². The molecule has 7 heteroatoms. The van der Waals surface area contributed by atoms with E-state index in [1.165, 1.54) is 6.33 Å². The highest BCUT2D eigenvalue weighted by Gasteiger charge is 2.34. The Labute approximate surface area is 134 Å². The number of likely N-dealkylation sites (N-methyl/N-ethyl adjacent to an activating group) is 1. The average Bonchev–Trinajstić information content (AvgIpc) is 2.96. The second-order valence-corrected chi connectivity index (χ2v) is 5.63. The first kappa shape index (κ1) is 15.3. The van der Waals surface area contributed by atoms with E-state index in [9.17, 15) is 9.18 Å². The molecule has 0 spiro atoms. The van der Waals surface area contributed by atoms with Gasteiger partial charge in [0, 0.05) is 44.2 Å². The van der Waals surface area contributed by atoms with Gasteiger partial charge in [0.05, 0.1) is 12.6 Å². The van der Waals surface area contributed by atoms with Gasteiger partial charge < -0.3 is 9.80 Å². The van der Waals surface area contributed by atoms with Crippen molar-refractivity contribution in [3.63, 3.8) is 0 Å². The van der Waals surface area contributed by atoms with Crippen LogP contribution < -0.4 is 4.90 Å². The Morgan fingerprint density at radius 1 is 1.30 bits per heavy atom. The van der Waals surface area contributed by atoms with Gasteiger partial charge in [-0.25, -0.2) is 14.4 Å². The van der Waals surface area contributed by atoms with Crippen molar-refractivity contribution in [2.45, 2.75) is 18.6 Å². The van der Waals surface area contributed by atoms with Gasteiger partial charge in [0.1, 0.15) is 18.3 Å². The molecule has 23 heavy (non-hydrogen) atoms. The van der Waals surface area contributed by atoms with Crippen LogP contribution in [-0.2, 0) is 0 Å². The Morgan fingerprint density at radius 3 is 2.74 bits per heavy atom. The molecule has 2 aromatic heterocycles. The molecule has 3 rings (SSSR count). The van der Waals surface area contributed by atoms with Gasteiger partial charge >= 0.3 is 0 Å². The highest BCUT2D eigenvalue weighted by Crippen LogP contribution is 2.26. The summed E-state index contributed by atoms with van der Waals surface area (Å²) in [7, 11) is 1.73. The number of carbonyl (C=O) groups excluding carboxylic acids is 1. The lowest BCUT2D eigenvalue weighted by atomic mass is 10.1. The number of carbonyl (C=O) groups is 1. The van der Waals surface area contributed by atoms with E-state index in [1.807, 2.05) is 4.90 Å². The van der Waals surface area contributed by atoms with Crippen molar-refractivity contribution in [2.75, 3.05) is 25.0 Å². The van der Waals surface area contributed by atoms with Crippen LogP contribution in [0.2, 0.25) is 0 Å². The van der Waals surface area contributed by atoms with Crippen LogP contribution in [0, 0.1) is 0 Å². The Hall–Kier alpha value is -2.57. The molecule has 0 aromatic carbocycles. The number of anilines is 1. The fraction of sp³-hybridized carbons (Fsp3) is 0.375. The predicted molar refractivity (Wildman–Crippen MR) is 83.9 cm³/mol. The van der Waals surface area contributed by atoms with E-state index >= 15 is 0 Å². The van der Waals surface area contributed by atoms with Crippen LogP contribution >= 0.6 is 0 Å². The molecule has 1 amide bonds. The van der Waals surface area contributed by atoms with Gasteiger partial charge in [0.25, 0.3) is 5.91 Å². The summed E-state index contributed by atoms with van der Waals surface area (Å²) in [6, 6.07) is 5.01. The van der Waals surface area contributed by atoms with E-state index in [0.717, 1.165) is 0 Å². The minimum absolute atomic E-state index is 0.0997. The fourth-order valence-electron chi connectivity index (χ4n) is 2.88. The van der Waals surface area contributed by atoms with E-state index < -0.39 is 6.17 Å². The van der Waals surface area contributed by atoms with E-state index in [4.69, 9.17) is 0 Å². The molecule has 1 saturated heterocycles. The van der Waals surface area contributed by atoms with Crippen molar-refractivity contribution >= 4 is 11.7 Å². The standard InChI is InChI=1S/C16H18FN5O/c1-21(16(23)12-2-5-18-6-3-12)10-14-8-13(17)9-22(14)15-4-7-19-11-20-15/h2-7,11,13-14H,8-10H2,1H3/t13-,14-/m1/s1. The molecule has 0 aliphatic carbocycles. The smallest absolute Gasteiger partial charge is 0.253 e. The van der Waals surface area contributed by atoms with Gasteiger partial charge in [-0.05, 0) is 18.2 Å². The number of nitrogens with zero attached hydrogens (tertiary/aromatic N) is 5. The molecule has 0 radical (unpaired) electrons. The number of pyridine rings is 1. The van der Waals surface area contributed by atoms with Crippen LogP contribution in [0.25, 0.3) is 0 Å². The highest BCUT2D eigenvalue weighted by molar-refractivity contribution is 5.93. The third-order valence-electron chi connectivity index (χ3n) is 3.98. The van der Waals surface area contributed by atoms with Crippen molar-refractivity contribution in [3.8, 4) is 0 Å². The molecule has 0 saturated carbocycles. The highest BCUT2D eigenvalue weighted by atomic mass is 19.1. The number of halogens is 1. The molecule has 120 valence electrons. The van der Waals surface area contributed by atoms with Crippen molar-refractivity contribution in [1.29, 1.82) is 0 Å². The van der Waals surface area contributed by atoms with Gasteiger partial charge in [0.2, 0.25) is 0 Å². The average molecular weight is 315 g/mol. The third-order valence-corrected chi connectivity index (χ3v) is 3.98. The monoisotopic (exact) mass is 315 g/mol. The van der Waals surface area contributed by atoms with Crippen molar-refractivity contribution in [3.05, 3.63) is 48.7 Å². The number of amides is 1. The number of hydrogen-bond donors (Lipinski definition) is 0. The maximum absolute atomic E-state index is 13.9. The van der Waals surface area contributed by atoms with Crippen LogP contribution in [0.5, 0.6) is 0 Å². The number of rotatable bonds is 4. The second kappa shape index (κ2) is 6.68. The lowest BCUT2D eigenvalue weighted by Gasteiger charge is -2.29. The first-order chi connectivity index (χ1) is 11.1. The van der Waals surface area contributed by atoms with Gasteiger partial charge in [-0.1, -0.05) is 0 Å². The summed E-state index contributed by atoms with van der Waals surface area (Å²) < 4.78 is 13.9. The van der Waals surface area contributed by atoms with Crippen molar-refractivity contribution in [1.82, 2.24) is 19.9 Å². The summed E-state index contributed by atoms with van der Waals surface area (Å²) in [4.78, 5) is 27.9. The summed E-state index contributed by atoms with van der Waals surface area (Å²) in [5.74, 6) is 0.590. The van der Waals surface area contributed by atoms with E-state index in [0.29, 0.717) is 30.9 Å². The van der Waals surface area contributed by atoms with Crippen LogP contribution in [-0.4, -0.2) is 58.1 Å². The van der Waals surface area contributed by atoms with E-state index in [1.54, 1.807) is 48.7 Å². The minimum Gasteiger partial charge on any atom is -0.349 e. The zero-order valence-electron chi connectivity index (χ0n) is 12.8.